The average Bonchev–Trinajstić information content (AvgIpc) is 3.10. The van der Waals surface area contributed by atoms with Gasteiger partial charge in [-0.25, -0.2) is 22.4 Å². The molecule has 0 saturated heterocycles. The Morgan fingerprint density at radius 1 is 1.21 bits per heavy atom. The third-order valence-corrected chi connectivity index (χ3v) is 6.20. The minimum absolute atomic E-state index is 0.0792. The monoisotopic (exact) mass is 417 g/mol. The zero-order valence-corrected chi connectivity index (χ0v) is 17.7. The van der Waals surface area contributed by atoms with Crippen molar-refractivity contribution in [3.63, 3.8) is 0 Å². The Morgan fingerprint density at radius 3 is 2.55 bits per heavy atom. The van der Waals surface area contributed by atoms with Crippen molar-refractivity contribution in [1.82, 2.24) is 19.1 Å². The molecule has 2 heterocycles. The highest BCUT2D eigenvalue weighted by molar-refractivity contribution is 7.89. The number of ether oxygens (including phenoxy) is 1. The van der Waals surface area contributed by atoms with Gasteiger partial charge in [0, 0.05) is 31.1 Å². The first-order chi connectivity index (χ1) is 13.6. The fourth-order valence-corrected chi connectivity index (χ4v) is 3.88. The van der Waals surface area contributed by atoms with Crippen LogP contribution in [-0.4, -0.2) is 54.6 Å². The van der Waals surface area contributed by atoms with Crippen LogP contribution in [0.3, 0.4) is 0 Å². The molecular formula is C19H23N5O4S. The fraction of sp³-hybridized carbons (Fsp3) is 0.316. The lowest BCUT2D eigenvalue weighted by molar-refractivity contribution is 0.102. The van der Waals surface area contributed by atoms with Crippen molar-refractivity contribution in [3.8, 4) is 5.75 Å². The number of nitrogens with zero attached hydrogens (tertiary/aromatic N) is 4. The van der Waals surface area contributed by atoms with E-state index in [0.29, 0.717) is 5.69 Å². The molecule has 3 rings (SSSR count). The van der Waals surface area contributed by atoms with E-state index in [1.807, 2.05) is 13.8 Å². The topological polar surface area (TPSA) is 106 Å². The van der Waals surface area contributed by atoms with Crippen LogP contribution in [0.25, 0.3) is 11.0 Å². The van der Waals surface area contributed by atoms with Gasteiger partial charge in [-0.05, 0) is 38.1 Å². The van der Waals surface area contributed by atoms with Gasteiger partial charge in [-0.15, -0.1) is 0 Å². The van der Waals surface area contributed by atoms with E-state index in [2.05, 4.69) is 15.4 Å². The number of benzene rings is 1. The zero-order chi connectivity index (χ0) is 21.3. The largest absolute Gasteiger partial charge is 0.495 e. The van der Waals surface area contributed by atoms with Crippen molar-refractivity contribution < 1.29 is 17.9 Å². The summed E-state index contributed by atoms with van der Waals surface area (Å²) in [5, 5.41) is 7.84. The summed E-state index contributed by atoms with van der Waals surface area (Å²) in [6.45, 7) is 4.01. The summed E-state index contributed by atoms with van der Waals surface area (Å²) < 4.78 is 33.1. The number of hydrogen-bond donors (Lipinski definition) is 1. The van der Waals surface area contributed by atoms with Gasteiger partial charge in [-0.1, -0.05) is 0 Å². The molecule has 0 bridgehead atoms. The number of pyridine rings is 1. The Bertz CT molecular complexity index is 1170. The highest BCUT2D eigenvalue weighted by Crippen LogP contribution is 2.27. The molecule has 3 aromatic rings. The van der Waals surface area contributed by atoms with Crippen LogP contribution < -0.4 is 10.1 Å². The van der Waals surface area contributed by atoms with Crippen LogP contribution in [0.15, 0.2) is 41.6 Å². The smallest absolute Gasteiger partial charge is 0.255 e. The first-order valence-electron chi connectivity index (χ1n) is 8.90. The summed E-state index contributed by atoms with van der Waals surface area (Å²) in [6, 6.07) is 6.20. The predicted molar refractivity (Wildman–Crippen MR) is 110 cm³/mol. The van der Waals surface area contributed by atoms with Gasteiger partial charge in [-0.2, -0.15) is 5.10 Å². The average molecular weight is 417 g/mol. The number of amides is 1. The normalized spacial score (nSPS) is 12.0. The van der Waals surface area contributed by atoms with Gasteiger partial charge in [0.05, 0.1) is 25.2 Å². The summed E-state index contributed by atoms with van der Waals surface area (Å²) in [5.74, 6) is -0.292. The molecular weight excluding hydrogens is 394 g/mol. The molecule has 1 aromatic carbocycles. The molecule has 0 atom stereocenters. The van der Waals surface area contributed by atoms with Gasteiger partial charge in [-0.3, -0.25) is 4.79 Å². The molecule has 0 saturated carbocycles. The van der Waals surface area contributed by atoms with Gasteiger partial charge >= 0.3 is 0 Å². The van der Waals surface area contributed by atoms with E-state index < -0.39 is 15.9 Å². The molecule has 2 aromatic heterocycles. The number of anilines is 1. The molecule has 10 heteroatoms. The van der Waals surface area contributed by atoms with Crippen molar-refractivity contribution in [2.75, 3.05) is 26.5 Å². The van der Waals surface area contributed by atoms with E-state index in [-0.39, 0.29) is 22.3 Å². The van der Waals surface area contributed by atoms with Crippen molar-refractivity contribution in [2.24, 2.45) is 0 Å². The van der Waals surface area contributed by atoms with Gasteiger partial charge < -0.3 is 10.1 Å². The first-order valence-corrected chi connectivity index (χ1v) is 10.3. The number of nitrogens with one attached hydrogen (secondary N) is 1. The molecule has 0 aliphatic carbocycles. The second-order valence-corrected chi connectivity index (χ2v) is 9.05. The van der Waals surface area contributed by atoms with Crippen molar-refractivity contribution in [1.29, 1.82) is 0 Å². The highest BCUT2D eigenvalue weighted by atomic mass is 32.2. The summed E-state index contributed by atoms with van der Waals surface area (Å²) in [6.07, 6.45) is 3.23. The maximum Gasteiger partial charge on any atom is 0.255 e. The number of fused-ring (bicyclic) bond motifs is 1. The lowest BCUT2D eigenvalue weighted by atomic mass is 10.2. The minimum atomic E-state index is -3.78. The Kier molecular flexibility index (Phi) is 5.58. The van der Waals surface area contributed by atoms with E-state index in [0.717, 1.165) is 15.3 Å². The van der Waals surface area contributed by atoms with E-state index in [9.17, 15) is 13.2 Å². The molecule has 0 radical (unpaired) electrons. The zero-order valence-electron chi connectivity index (χ0n) is 16.9. The molecule has 0 unspecified atom stereocenters. The molecule has 9 nitrogen and oxygen atoms in total. The summed E-state index contributed by atoms with van der Waals surface area (Å²) >= 11 is 0. The second-order valence-electron chi connectivity index (χ2n) is 6.93. The van der Waals surface area contributed by atoms with Crippen molar-refractivity contribution in [3.05, 3.63) is 42.2 Å². The number of hydrogen-bond acceptors (Lipinski definition) is 6. The Morgan fingerprint density at radius 2 is 1.93 bits per heavy atom. The quantitative estimate of drug-likeness (QED) is 0.661. The molecule has 0 aliphatic rings. The molecule has 0 aliphatic heterocycles. The minimum Gasteiger partial charge on any atom is -0.495 e. The van der Waals surface area contributed by atoms with Crippen LogP contribution in [-0.2, 0) is 10.0 Å². The van der Waals surface area contributed by atoms with Crippen LogP contribution in [0.2, 0.25) is 0 Å². The second kappa shape index (κ2) is 7.80. The Hall–Kier alpha value is -2.98. The SMILES string of the molecule is COc1ccc(C(=O)Nc2cnc3c(cnn3C(C)C)c2)cc1S(=O)(=O)N(C)C. The van der Waals surface area contributed by atoms with Crippen molar-refractivity contribution >= 4 is 32.7 Å². The maximum absolute atomic E-state index is 12.7. The predicted octanol–water partition coefficient (Wildman–Crippen LogP) is 2.52. The van der Waals surface area contributed by atoms with Crippen LogP contribution >= 0.6 is 0 Å². The van der Waals surface area contributed by atoms with Crippen molar-refractivity contribution in [2.45, 2.75) is 24.8 Å². The summed E-state index contributed by atoms with van der Waals surface area (Å²) in [4.78, 5) is 17.0. The number of sulfonamides is 1. The lowest BCUT2D eigenvalue weighted by Gasteiger charge is -2.15. The van der Waals surface area contributed by atoms with Crippen LogP contribution in [0.4, 0.5) is 5.69 Å². The first kappa shape index (κ1) is 20.7. The molecule has 1 N–H and O–H groups in total. The van der Waals surface area contributed by atoms with Crippen LogP contribution in [0.5, 0.6) is 5.75 Å². The van der Waals surface area contributed by atoms with E-state index in [4.69, 9.17) is 4.74 Å². The third-order valence-electron chi connectivity index (χ3n) is 4.36. The van der Waals surface area contributed by atoms with Crippen LogP contribution in [0, 0.1) is 0 Å². The maximum atomic E-state index is 12.7. The van der Waals surface area contributed by atoms with E-state index in [1.165, 1.54) is 39.4 Å². The highest BCUT2D eigenvalue weighted by Gasteiger charge is 2.24. The summed E-state index contributed by atoms with van der Waals surface area (Å²) in [5.41, 5.74) is 1.39. The third kappa shape index (κ3) is 3.94. The van der Waals surface area contributed by atoms with E-state index >= 15 is 0 Å². The number of carbonyl (C=O) groups is 1. The summed E-state index contributed by atoms with van der Waals surface area (Å²) in [7, 11) is 0.432. The number of carbonyl (C=O) groups excluding carboxylic acids is 1. The molecule has 154 valence electrons. The standard InChI is InChI=1S/C19H23N5O4S/c1-12(2)24-18-14(10-21-24)8-15(11-20-18)22-19(25)13-6-7-16(28-5)17(9-13)29(26,27)23(3)4/h6-12H,1-5H3,(H,22,25). The fourth-order valence-electron chi connectivity index (χ4n) is 2.81. The van der Waals surface area contributed by atoms with Gasteiger partial charge in [0.15, 0.2) is 5.65 Å². The number of aromatic nitrogens is 3. The molecule has 1 amide bonds. The number of methoxy groups -OCH3 is 1. The Labute approximate surface area is 169 Å². The van der Waals surface area contributed by atoms with Gasteiger partial charge in [0.1, 0.15) is 10.6 Å². The van der Waals surface area contributed by atoms with E-state index in [1.54, 1.807) is 23.1 Å². The Balaban J connectivity index is 1.92. The number of rotatable bonds is 6. The molecule has 0 fully saturated rings. The van der Waals surface area contributed by atoms with Gasteiger partial charge in [0.25, 0.3) is 5.91 Å². The van der Waals surface area contributed by atoms with Gasteiger partial charge in [0.2, 0.25) is 10.0 Å². The lowest BCUT2D eigenvalue weighted by Crippen LogP contribution is -2.23. The molecule has 29 heavy (non-hydrogen) atoms. The van der Waals surface area contributed by atoms with Crippen LogP contribution in [0.1, 0.15) is 30.2 Å². The molecule has 0 spiro atoms.